The lowest BCUT2D eigenvalue weighted by Crippen LogP contribution is -2.03. The molecule has 5 heteroatoms. The predicted molar refractivity (Wildman–Crippen MR) is 96.5 cm³/mol. The standard InChI is InChI=1S/C18H17BrN2OS/c19-15-3-7-17(8-4-15)23-16-5-1-14(2-6-16)18(22)9-11-21-12-10-20-13-21/h1-8,10,12-13,18,22H,9,11H2. The normalized spacial score (nSPS) is 12.3. The van der Waals surface area contributed by atoms with E-state index in [-0.39, 0.29) is 0 Å². The van der Waals surface area contributed by atoms with E-state index in [0.717, 1.165) is 21.5 Å². The van der Waals surface area contributed by atoms with E-state index >= 15 is 0 Å². The van der Waals surface area contributed by atoms with Crippen molar-refractivity contribution in [3.63, 3.8) is 0 Å². The van der Waals surface area contributed by atoms with Crippen LogP contribution in [-0.2, 0) is 6.54 Å². The molecule has 0 aliphatic carbocycles. The van der Waals surface area contributed by atoms with E-state index < -0.39 is 6.10 Å². The van der Waals surface area contributed by atoms with Crippen LogP contribution in [0.4, 0.5) is 0 Å². The summed E-state index contributed by atoms with van der Waals surface area (Å²) in [4.78, 5) is 6.37. The maximum Gasteiger partial charge on any atom is 0.0945 e. The van der Waals surface area contributed by atoms with E-state index in [1.54, 1.807) is 24.3 Å². The number of hydrogen-bond acceptors (Lipinski definition) is 3. The summed E-state index contributed by atoms with van der Waals surface area (Å²) in [5, 5.41) is 10.3. The number of rotatable bonds is 6. The van der Waals surface area contributed by atoms with Crippen molar-refractivity contribution >= 4 is 27.7 Å². The largest absolute Gasteiger partial charge is 0.388 e. The number of aryl methyl sites for hydroxylation is 1. The van der Waals surface area contributed by atoms with E-state index in [2.05, 4.69) is 45.2 Å². The summed E-state index contributed by atoms with van der Waals surface area (Å²) in [5.41, 5.74) is 0.949. The highest BCUT2D eigenvalue weighted by molar-refractivity contribution is 9.10. The first-order chi connectivity index (χ1) is 11.2. The highest BCUT2D eigenvalue weighted by Gasteiger charge is 2.08. The van der Waals surface area contributed by atoms with E-state index in [0.29, 0.717) is 6.42 Å². The summed E-state index contributed by atoms with van der Waals surface area (Å²) in [5.74, 6) is 0. The zero-order chi connectivity index (χ0) is 16.1. The number of halogens is 1. The number of aliphatic hydroxyl groups excluding tert-OH is 1. The lowest BCUT2D eigenvalue weighted by molar-refractivity contribution is 0.161. The maximum absolute atomic E-state index is 10.3. The third kappa shape index (κ3) is 4.70. The maximum atomic E-state index is 10.3. The predicted octanol–water partition coefficient (Wildman–Crippen LogP) is 4.92. The fourth-order valence-electron chi connectivity index (χ4n) is 2.25. The van der Waals surface area contributed by atoms with Crippen molar-refractivity contribution in [1.82, 2.24) is 9.55 Å². The number of aliphatic hydroxyl groups is 1. The summed E-state index contributed by atoms with van der Waals surface area (Å²) in [6.07, 6.45) is 5.65. The van der Waals surface area contributed by atoms with Crippen LogP contribution in [0.3, 0.4) is 0 Å². The quantitative estimate of drug-likeness (QED) is 0.650. The summed E-state index contributed by atoms with van der Waals surface area (Å²) in [6.45, 7) is 0.760. The minimum atomic E-state index is -0.455. The zero-order valence-corrected chi connectivity index (χ0v) is 14.9. The van der Waals surface area contributed by atoms with Gasteiger partial charge in [0.1, 0.15) is 0 Å². The first kappa shape index (κ1) is 16.3. The van der Waals surface area contributed by atoms with E-state index in [1.165, 1.54) is 4.90 Å². The number of nitrogens with zero attached hydrogens (tertiary/aromatic N) is 2. The van der Waals surface area contributed by atoms with Crippen LogP contribution in [0.5, 0.6) is 0 Å². The highest BCUT2D eigenvalue weighted by atomic mass is 79.9. The third-order valence-electron chi connectivity index (χ3n) is 3.53. The average molecular weight is 389 g/mol. The smallest absolute Gasteiger partial charge is 0.0945 e. The van der Waals surface area contributed by atoms with Gasteiger partial charge in [0.05, 0.1) is 12.4 Å². The highest BCUT2D eigenvalue weighted by Crippen LogP contribution is 2.30. The topological polar surface area (TPSA) is 38.0 Å². The van der Waals surface area contributed by atoms with Gasteiger partial charge in [-0.1, -0.05) is 39.8 Å². The summed E-state index contributed by atoms with van der Waals surface area (Å²) >= 11 is 5.16. The first-order valence-corrected chi connectivity index (χ1v) is 8.99. The molecule has 1 N–H and O–H groups in total. The van der Waals surface area contributed by atoms with Gasteiger partial charge in [-0.15, -0.1) is 0 Å². The Hall–Kier alpha value is -1.56. The zero-order valence-electron chi connectivity index (χ0n) is 12.5. The fraction of sp³-hybridized carbons (Fsp3) is 0.167. The number of benzene rings is 2. The van der Waals surface area contributed by atoms with Crippen LogP contribution in [0, 0.1) is 0 Å². The minimum Gasteiger partial charge on any atom is -0.388 e. The molecule has 3 nitrogen and oxygen atoms in total. The molecule has 0 saturated heterocycles. The number of imidazole rings is 1. The lowest BCUT2D eigenvalue weighted by atomic mass is 10.1. The van der Waals surface area contributed by atoms with Crippen LogP contribution in [-0.4, -0.2) is 14.7 Å². The van der Waals surface area contributed by atoms with Gasteiger partial charge in [0, 0.05) is 33.2 Å². The Morgan fingerprint density at radius 3 is 2.30 bits per heavy atom. The lowest BCUT2D eigenvalue weighted by Gasteiger charge is -2.12. The Balaban J connectivity index is 1.58. The Morgan fingerprint density at radius 1 is 1.04 bits per heavy atom. The molecule has 0 amide bonds. The molecule has 1 atom stereocenters. The van der Waals surface area contributed by atoms with E-state index in [4.69, 9.17) is 0 Å². The second-order valence-corrected chi connectivity index (χ2v) is 7.29. The molecule has 3 aromatic rings. The third-order valence-corrected chi connectivity index (χ3v) is 5.08. The fourth-order valence-corrected chi connectivity index (χ4v) is 3.33. The summed E-state index contributed by atoms with van der Waals surface area (Å²) < 4.78 is 3.05. The molecule has 2 aromatic carbocycles. The monoisotopic (exact) mass is 388 g/mol. The average Bonchev–Trinajstić information content (AvgIpc) is 3.09. The molecule has 0 aliphatic heterocycles. The molecule has 0 aliphatic rings. The van der Waals surface area contributed by atoms with Crippen molar-refractivity contribution in [2.45, 2.75) is 28.9 Å². The molecule has 118 valence electrons. The van der Waals surface area contributed by atoms with Crippen LogP contribution >= 0.6 is 27.7 Å². The van der Waals surface area contributed by atoms with Crippen LogP contribution in [0.15, 0.2) is 81.5 Å². The summed E-state index contributed by atoms with van der Waals surface area (Å²) in [6, 6.07) is 16.4. The molecule has 0 saturated carbocycles. The molecule has 23 heavy (non-hydrogen) atoms. The van der Waals surface area contributed by atoms with Gasteiger partial charge in [-0.2, -0.15) is 0 Å². The van der Waals surface area contributed by atoms with Gasteiger partial charge in [0.15, 0.2) is 0 Å². The number of aromatic nitrogens is 2. The second kappa shape index (κ2) is 7.81. The van der Waals surface area contributed by atoms with Crippen molar-refractivity contribution in [1.29, 1.82) is 0 Å². The summed E-state index contributed by atoms with van der Waals surface area (Å²) in [7, 11) is 0. The van der Waals surface area contributed by atoms with Gasteiger partial charge in [-0.05, 0) is 48.4 Å². The van der Waals surface area contributed by atoms with Gasteiger partial charge in [0.2, 0.25) is 0 Å². The van der Waals surface area contributed by atoms with Crippen molar-refractivity contribution < 1.29 is 5.11 Å². The molecule has 0 radical (unpaired) electrons. The van der Waals surface area contributed by atoms with Gasteiger partial charge in [0.25, 0.3) is 0 Å². The second-order valence-electron chi connectivity index (χ2n) is 5.23. The Morgan fingerprint density at radius 2 is 1.70 bits per heavy atom. The molecule has 3 rings (SSSR count). The molecular weight excluding hydrogens is 372 g/mol. The molecule has 0 fully saturated rings. The Labute approximate surface area is 148 Å². The molecule has 0 spiro atoms. The van der Waals surface area contributed by atoms with E-state index in [9.17, 15) is 5.11 Å². The van der Waals surface area contributed by atoms with Gasteiger partial charge < -0.3 is 9.67 Å². The van der Waals surface area contributed by atoms with Crippen LogP contribution in [0.25, 0.3) is 0 Å². The Kier molecular flexibility index (Phi) is 5.54. The van der Waals surface area contributed by atoms with Gasteiger partial charge in [-0.25, -0.2) is 4.98 Å². The Bertz CT molecular complexity index is 727. The molecule has 1 heterocycles. The molecule has 0 bridgehead atoms. The SMILES string of the molecule is OC(CCn1ccnc1)c1ccc(Sc2ccc(Br)cc2)cc1. The minimum absolute atomic E-state index is 0.455. The van der Waals surface area contributed by atoms with Crippen molar-refractivity contribution in [3.8, 4) is 0 Å². The van der Waals surface area contributed by atoms with Crippen LogP contribution < -0.4 is 0 Å². The molecule has 1 unspecified atom stereocenters. The van der Waals surface area contributed by atoms with Gasteiger partial charge >= 0.3 is 0 Å². The number of hydrogen-bond donors (Lipinski definition) is 1. The first-order valence-electron chi connectivity index (χ1n) is 7.38. The van der Waals surface area contributed by atoms with Crippen molar-refractivity contribution in [2.24, 2.45) is 0 Å². The van der Waals surface area contributed by atoms with Gasteiger partial charge in [-0.3, -0.25) is 0 Å². The van der Waals surface area contributed by atoms with Crippen LogP contribution in [0.1, 0.15) is 18.1 Å². The van der Waals surface area contributed by atoms with Crippen molar-refractivity contribution in [3.05, 3.63) is 77.3 Å². The molecular formula is C18H17BrN2OS. The van der Waals surface area contributed by atoms with E-state index in [1.807, 2.05) is 35.0 Å². The molecule has 1 aromatic heterocycles. The van der Waals surface area contributed by atoms with Crippen molar-refractivity contribution in [2.75, 3.05) is 0 Å². The van der Waals surface area contributed by atoms with Crippen LogP contribution in [0.2, 0.25) is 0 Å².